The monoisotopic (exact) mass is 1870 g/mol. The molecule has 1 N–H and O–H groups in total. The Morgan fingerprint density at radius 1 is 0.519 bits per heavy atom. The van der Waals surface area contributed by atoms with Gasteiger partial charge in [0, 0.05) is 18.3 Å². The normalized spacial score (nSPS) is 18.4. The Kier molecular flexibility index (Phi) is 53.2. The molecule has 726 valence electrons. The van der Waals surface area contributed by atoms with Gasteiger partial charge in [-0.15, -0.1) is 0 Å². The predicted octanol–water partition coefficient (Wildman–Crippen LogP) is 27.2. The van der Waals surface area contributed by atoms with Crippen LogP contribution in [0, 0.1) is 57.2 Å². The number of carbonyl (C=O) groups is 6. The van der Waals surface area contributed by atoms with Crippen molar-refractivity contribution in [1.82, 2.24) is 0 Å². The van der Waals surface area contributed by atoms with Crippen molar-refractivity contribution in [3.05, 3.63) is 220 Å². The van der Waals surface area contributed by atoms with Gasteiger partial charge in [0.2, 0.25) is 0 Å². The summed E-state index contributed by atoms with van der Waals surface area (Å²) in [6, 6.07) is 66.0. The van der Waals surface area contributed by atoms with Crippen molar-refractivity contribution < 1.29 is 105 Å². The van der Waals surface area contributed by atoms with Crippen LogP contribution in [0.3, 0.4) is 0 Å². The van der Waals surface area contributed by atoms with Crippen molar-refractivity contribution in [2.45, 2.75) is 305 Å². The highest BCUT2D eigenvalue weighted by molar-refractivity contribution is 8.13. The number of nitrogens with zero attached hydrogens (tertiary/aromatic N) is 2. The van der Waals surface area contributed by atoms with Gasteiger partial charge in [-0.2, -0.15) is 31.6 Å². The van der Waals surface area contributed by atoms with Gasteiger partial charge in [-0.05, 0) is 209 Å². The molecular formula is C101H150F6N2O17S3. The summed E-state index contributed by atoms with van der Waals surface area (Å²) in [7, 11) is -13.3. The lowest BCUT2D eigenvalue weighted by Crippen LogP contribution is -2.64. The van der Waals surface area contributed by atoms with Gasteiger partial charge in [0.05, 0.1) is 45.2 Å². The van der Waals surface area contributed by atoms with E-state index < -0.39 is 100 Å². The molecule has 11 rings (SSSR count). The van der Waals surface area contributed by atoms with E-state index in [1.165, 1.54) is 36.9 Å². The number of ether oxygens (including phenoxy) is 6. The molecule has 8 atom stereocenters. The van der Waals surface area contributed by atoms with E-state index >= 15 is 0 Å². The molecule has 4 fully saturated rings. The number of sulfonamides is 2. The van der Waals surface area contributed by atoms with Crippen LogP contribution in [0.5, 0.6) is 5.75 Å². The van der Waals surface area contributed by atoms with Crippen molar-refractivity contribution in [2.75, 3.05) is 13.2 Å². The topological polar surface area (TPSA) is 284 Å². The second kappa shape index (κ2) is 53.7. The average Bonchev–Trinajstić information content (AvgIpc) is 1.50. The Hall–Kier alpha value is -9.56. The number of alkyl halides is 6. The third-order valence-corrected chi connectivity index (χ3v) is 27.7. The van der Waals surface area contributed by atoms with Gasteiger partial charge < -0.3 is 37.7 Å². The fourth-order valence-corrected chi connectivity index (χ4v) is 16.9. The maximum atomic E-state index is 12.4. The molecule has 7 aromatic rings. The Bertz CT molecular complexity index is 4740. The minimum atomic E-state index is -6.60. The van der Waals surface area contributed by atoms with E-state index in [2.05, 4.69) is 129 Å². The first-order valence-electron chi connectivity index (χ1n) is 39.4. The number of phenols is 1. The first-order chi connectivity index (χ1) is 55.5. The summed E-state index contributed by atoms with van der Waals surface area (Å²) in [4.78, 5) is 76.0. The number of halogens is 6. The van der Waals surface area contributed by atoms with Crippen molar-refractivity contribution in [3.63, 3.8) is 0 Å². The van der Waals surface area contributed by atoms with Crippen LogP contribution in [0.15, 0.2) is 203 Å². The third kappa shape index (κ3) is 31.6. The quantitative estimate of drug-likeness (QED) is 0.0254. The lowest BCUT2D eigenvalue weighted by atomic mass is 9.75. The molecule has 28 heteroatoms. The molecule has 19 nitrogen and oxygen atoms in total. The van der Waals surface area contributed by atoms with Crippen LogP contribution in [-0.4, -0.2) is 99.6 Å². The standard InChI is InChI=1S/C26H29O2S.C20H24O2.C17H21NO6.C15H22O2.C10H14O.C3F6NO4S2.10CH4/c1-4-26(2,3)25(27)28-20-19-21-15-17-24(18-16-21)29(22-11-7-5-8-12-22)23-13-9-6-10-14-23;1-5-20(3,4)19(21)22-15(2)16-11-13-18(14-12-16)17-9-7-6-8-10-17;1-4-16(2,3)14(20)22-7-11(19)23-12-9-5-10-13(12)24-15(21)17(10,6-9)8-18;1-6-15(4,5)14(16)17-12(3)13-9-7-11(2)8-10-13;1-3-8(2)9-4-6-10(11)7-5-9;4-1(5)2(6,7)15(11,12)10-16(13,14)3(1,8)9;;;;;;;;;;/h5-18H,4,19-20H2,1-3H3;6-15H,5H2,1-4H3;9-10,12-13H,4-7H2,1-3H3;7-10,12H,6H2,1-5H3;4-8,11H,3H2,1-2H3;;10*1H4/q+1;;;;;-1;;;;;;;;;;. The zero-order valence-corrected chi connectivity index (χ0v) is 72.8. The molecule has 2 saturated carbocycles. The average molecular weight is 1870 g/mol. The Labute approximate surface area is 772 Å². The smallest absolute Gasteiger partial charge is 0.399 e. The largest absolute Gasteiger partial charge is 0.508 e. The summed E-state index contributed by atoms with van der Waals surface area (Å²) in [5.41, 5.74) is 5.13. The van der Waals surface area contributed by atoms with Gasteiger partial charge in [0.25, 0.3) is 0 Å². The maximum Gasteiger partial charge on any atom is 0.399 e. The number of fused-ring (bicyclic) bond motifs is 1. The molecule has 4 aliphatic rings. The first-order valence-corrected chi connectivity index (χ1v) is 43.5. The van der Waals surface area contributed by atoms with E-state index in [-0.39, 0.29) is 127 Å². The van der Waals surface area contributed by atoms with Crippen LogP contribution in [-0.2, 0) is 94.6 Å². The number of aryl methyl sites for hydroxylation is 1. The number of hydrogen-bond donors (Lipinski definition) is 1. The lowest BCUT2D eigenvalue weighted by molar-refractivity contribution is -0.244. The van der Waals surface area contributed by atoms with E-state index in [4.69, 9.17) is 33.5 Å². The molecule has 2 bridgehead atoms. The van der Waals surface area contributed by atoms with E-state index in [0.29, 0.717) is 37.5 Å². The van der Waals surface area contributed by atoms with E-state index in [9.17, 15) is 77.2 Å². The number of benzene rings is 7. The molecule has 2 saturated heterocycles. The summed E-state index contributed by atoms with van der Waals surface area (Å²) < 4.78 is 149. The first kappa shape index (κ1) is 128. The van der Waals surface area contributed by atoms with Crippen molar-refractivity contribution in [1.29, 1.82) is 5.26 Å². The zero-order valence-electron chi connectivity index (χ0n) is 70.4. The van der Waals surface area contributed by atoms with Crippen LogP contribution < -0.4 is 0 Å². The Morgan fingerprint density at radius 3 is 1.28 bits per heavy atom. The van der Waals surface area contributed by atoms with Crippen molar-refractivity contribution in [3.8, 4) is 22.9 Å². The number of esters is 6. The lowest BCUT2D eigenvalue weighted by Gasteiger charge is -2.42. The maximum absolute atomic E-state index is 12.4. The molecule has 2 aliphatic heterocycles. The van der Waals surface area contributed by atoms with Crippen LogP contribution in [0.4, 0.5) is 26.3 Å². The third-order valence-electron chi connectivity index (χ3n) is 22.1. The van der Waals surface area contributed by atoms with Gasteiger partial charge in [-0.1, -0.05) is 261 Å². The molecule has 129 heavy (non-hydrogen) atoms. The number of hydrogen-bond acceptors (Lipinski definition) is 18. The number of carbonyl (C=O) groups excluding carboxylic acids is 6. The number of nitriles is 1. The second-order valence-electron chi connectivity index (χ2n) is 32.2. The summed E-state index contributed by atoms with van der Waals surface area (Å²) >= 11 is 0. The molecule has 7 aromatic carbocycles. The molecule has 2 aliphatic carbocycles. The summed E-state index contributed by atoms with van der Waals surface area (Å²) in [5, 5.41) is 5.75. The van der Waals surface area contributed by atoms with Gasteiger partial charge >= 0.3 is 52.2 Å². The predicted molar refractivity (Wildman–Crippen MR) is 510 cm³/mol. The molecule has 0 amide bonds. The molecule has 0 spiro atoms. The highest BCUT2D eigenvalue weighted by Crippen LogP contribution is 2.62. The van der Waals surface area contributed by atoms with Gasteiger partial charge in [-0.25, -0.2) is 21.6 Å². The van der Waals surface area contributed by atoms with Crippen LogP contribution >= 0.6 is 0 Å². The second-order valence-corrected chi connectivity index (χ2v) is 37.8. The van der Waals surface area contributed by atoms with E-state index in [1.54, 1.807) is 26.0 Å². The molecule has 0 aromatic heterocycles. The van der Waals surface area contributed by atoms with E-state index in [0.717, 1.165) is 52.9 Å². The highest BCUT2D eigenvalue weighted by atomic mass is 32.3. The minimum Gasteiger partial charge on any atom is -0.508 e. The Balaban J connectivity index is -0.000000479. The van der Waals surface area contributed by atoms with Crippen LogP contribution in [0.2, 0.25) is 0 Å². The van der Waals surface area contributed by atoms with Crippen molar-refractivity contribution in [2.24, 2.45) is 38.9 Å². The Morgan fingerprint density at radius 2 is 0.884 bits per heavy atom. The van der Waals surface area contributed by atoms with Crippen molar-refractivity contribution >= 4 is 66.8 Å². The fourth-order valence-electron chi connectivity index (χ4n) is 12.1. The van der Waals surface area contributed by atoms with E-state index in [1.807, 2.05) is 157 Å². The SMILES string of the molecule is C.C.C.C.C.C.C.C.C.C.CCC(C)(C)C(=O)OC(C)c1ccc(-c2ccccc2)cc1.CCC(C)(C)C(=O)OC(C)c1ccc(C)cc1.CCC(C)(C)C(=O)OCC(=O)OC1C2CC3C1OC(=O)C3(C#N)C2.CCC(C)(C)C(=O)OCCc1ccc([S+](c2ccccc2)c2ccccc2)cc1.CCC(C)c1ccc(O)cc1.O=S1(=O)[N-]S(=O)(=O)C(F)(F)C(F)(F)C1(F)F. The molecular weight excluding hydrogens is 1720 g/mol. The molecule has 0 radical (unpaired) electrons. The van der Waals surface area contributed by atoms with Crippen LogP contribution in [0.25, 0.3) is 15.3 Å². The van der Waals surface area contributed by atoms with Gasteiger partial charge in [0.1, 0.15) is 30.2 Å². The minimum absolute atomic E-state index is 0. The zero-order chi connectivity index (χ0) is 89.1. The van der Waals surface area contributed by atoms with Crippen LogP contribution in [0.1, 0.15) is 276 Å². The summed E-state index contributed by atoms with van der Waals surface area (Å²) in [5.74, 6) is -7.93. The fraction of sp³-hybridized carbons (Fsp3) is 0.515. The highest BCUT2D eigenvalue weighted by Gasteiger charge is 2.82. The number of aromatic hydroxyl groups is 1. The van der Waals surface area contributed by atoms with Gasteiger partial charge in [-0.3, -0.25) is 24.0 Å². The molecule has 2 heterocycles. The number of phenolic OH excluding ortho intramolecular Hbond substituents is 1. The number of rotatable bonds is 24. The summed E-state index contributed by atoms with van der Waals surface area (Å²) in [6.45, 7) is 33.1. The molecule has 8 unspecified atom stereocenters. The summed E-state index contributed by atoms with van der Waals surface area (Å²) in [6.07, 6.45) is 4.30. The van der Waals surface area contributed by atoms with Gasteiger partial charge in [0.15, 0.2) is 46.8 Å².